The molecule has 1 aromatic rings. The molecule has 0 aliphatic carbocycles. The molecule has 114 valence electrons. The molecule has 0 heterocycles. The maximum absolute atomic E-state index is 13.1. The Bertz CT molecular complexity index is 673. The van der Waals surface area contributed by atoms with Crippen molar-refractivity contribution in [3.63, 3.8) is 0 Å². The number of nitrogens with two attached hydrogens (primary N) is 1. The van der Waals surface area contributed by atoms with E-state index in [4.69, 9.17) is 9.88 Å². The molecule has 10 heteroatoms. The molecule has 0 saturated carbocycles. The van der Waals surface area contributed by atoms with E-state index in [9.17, 15) is 21.2 Å². The van der Waals surface area contributed by atoms with Gasteiger partial charge < -0.3 is 4.74 Å². The number of anilines is 1. The monoisotopic (exact) mass is 326 g/mol. The van der Waals surface area contributed by atoms with Gasteiger partial charge in [-0.1, -0.05) is 0 Å². The first-order valence-electron chi connectivity index (χ1n) is 5.47. The predicted octanol–water partition coefficient (Wildman–Crippen LogP) is 0.251. The number of rotatable bonds is 7. The van der Waals surface area contributed by atoms with Gasteiger partial charge in [0, 0.05) is 13.7 Å². The van der Waals surface area contributed by atoms with Crippen molar-refractivity contribution in [2.75, 3.05) is 24.2 Å². The summed E-state index contributed by atoms with van der Waals surface area (Å²) in [5.74, 6) is -1.08. The molecule has 0 unspecified atom stereocenters. The van der Waals surface area contributed by atoms with Gasteiger partial charge in [-0.3, -0.25) is 4.72 Å². The fraction of sp³-hybridized carbons (Fsp3) is 0.400. The van der Waals surface area contributed by atoms with E-state index in [1.165, 1.54) is 7.11 Å². The van der Waals surface area contributed by atoms with Crippen LogP contribution in [0.4, 0.5) is 10.1 Å². The van der Waals surface area contributed by atoms with Crippen LogP contribution in [0, 0.1) is 5.82 Å². The van der Waals surface area contributed by atoms with Crippen molar-refractivity contribution < 1.29 is 26.0 Å². The summed E-state index contributed by atoms with van der Waals surface area (Å²) in [6.07, 6.45) is 0.214. The third kappa shape index (κ3) is 5.04. The first-order valence-corrected chi connectivity index (χ1v) is 8.67. The Hall–Kier alpha value is -1.23. The molecule has 0 fully saturated rings. The molecule has 1 rings (SSSR count). The van der Waals surface area contributed by atoms with Gasteiger partial charge >= 0.3 is 0 Å². The highest BCUT2D eigenvalue weighted by Crippen LogP contribution is 2.22. The van der Waals surface area contributed by atoms with Gasteiger partial charge in [-0.05, 0) is 24.6 Å². The lowest BCUT2D eigenvalue weighted by Crippen LogP contribution is -2.21. The third-order valence-corrected chi connectivity index (χ3v) is 4.60. The van der Waals surface area contributed by atoms with Gasteiger partial charge in [0.2, 0.25) is 20.0 Å². The zero-order chi connectivity index (χ0) is 15.4. The van der Waals surface area contributed by atoms with Crippen LogP contribution in [0.3, 0.4) is 0 Å². The van der Waals surface area contributed by atoms with Gasteiger partial charge in [0.05, 0.1) is 11.4 Å². The number of primary sulfonamides is 1. The molecule has 20 heavy (non-hydrogen) atoms. The Balaban J connectivity index is 3.05. The second-order valence-corrected chi connectivity index (χ2v) is 7.32. The summed E-state index contributed by atoms with van der Waals surface area (Å²) in [6.45, 7) is 0.228. The number of nitrogens with one attached hydrogen (secondary N) is 1. The highest BCUT2D eigenvalue weighted by molar-refractivity contribution is 7.93. The van der Waals surface area contributed by atoms with E-state index in [-0.39, 0.29) is 18.8 Å². The zero-order valence-electron chi connectivity index (χ0n) is 10.7. The van der Waals surface area contributed by atoms with Crippen LogP contribution in [0.2, 0.25) is 0 Å². The van der Waals surface area contributed by atoms with Crippen LogP contribution in [-0.2, 0) is 24.8 Å². The van der Waals surface area contributed by atoms with Crippen molar-refractivity contribution in [3.05, 3.63) is 24.0 Å². The smallest absolute Gasteiger partial charge is 0.240 e. The highest BCUT2D eigenvalue weighted by Gasteiger charge is 2.19. The van der Waals surface area contributed by atoms with Crippen molar-refractivity contribution in [2.24, 2.45) is 5.14 Å². The molecule has 0 radical (unpaired) electrons. The van der Waals surface area contributed by atoms with Crippen molar-refractivity contribution in [1.82, 2.24) is 0 Å². The Morgan fingerprint density at radius 3 is 2.50 bits per heavy atom. The van der Waals surface area contributed by atoms with Crippen molar-refractivity contribution in [1.29, 1.82) is 0 Å². The number of hydrogen-bond donors (Lipinski definition) is 2. The molecular formula is C10H15FN2O5S2. The number of halogens is 1. The molecule has 0 saturated heterocycles. The number of ether oxygens (including phenoxy) is 1. The van der Waals surface area contributed by atoms with Gasteiger partial charge in [0.25, 0.3) is 0 Å². The second-order valence-electron chi connectivity index (χ2n) is 3.95. The quantitative estimate of drug-likeness (QED) is 0.697. The van der Waals surface area contributed by atoms with Crippen LogP contribution in [0.5, 0.6) is 0 Å². The maximum atomic E-state index is 13.1. The van der Waals surface area contributed by atoms with Crippen molar-refractivity contribution in [2.45, 2.75) is 11.3 Å². The Kier molecular flexibility index (Phi) is 5.45. The largest absolute Gasteiger partial charge is 0.385 e. The minimum absolute atomic E-state index is 0.214. The van der Waals surface area contributed by atoms with Crippen LogP contribution in [-0.4, -0.2) is 36.3 Å². The van der Waals surface area contributed by atoms with Crippen molar-refractivity contribution in [3.8, 4) is 0 Å². The summed E-state index contributed by atoms with van der Waals surface area (Å²) >= 11 is 0. The zero-order valence-corrected chi connectivity index (χ0v) is 12.3. The van der Waals surface area contributed by atoms with E-state index in [1.807, 2.05) is 4.72 Å². The maximum Gasteiger partial charge on any atom is 0.240 e. The standard InChI is InChI=1S/C10H15FN2O5S2/c1-18-5-2-6-19(14,15)13-9-7-8(11)3-4-10(9)20(12,16)17/h3-4,7,13H,2,5-6H2,1H3,(H2,12,16,17). The summed E-state index contributed by atoms with van der Waals surface area (Å²) in [5.41, 5.74) is -0.412. The number of hydrogen-bond acceptors (Lipinski definition) is 5. The molecule has 0 aliphatic heterocycles. The SMILES string of the molecule is COCCCS(=O)(=O)Nc1cc(F)ccc1S(N)(=O)=O. The van der Waals surface area contributed by atoms with Crippen LogP contribution < -0.4 is 9.86 Å². The van der Waals surface area contributed by atoms with Gasteiger partial charge in [0.15, 0.2) is 0 Å². The molecule has 7 nitrogen and oxygen atoms in total. The van der Waals surface area contributed by atoms with E-state index in [1.54, 1.807) is 0 Å². The molecule has 0 atom stereocenters. The van der Waals surface area contributed by atoms with E-state index < -0.39 is 36.4 Å². The van der Waals surface area contributed by atoms with Crippen LogP contribution in [0.15, 0.2) is 23.1 Å². The average molecular weight is 326 g/mol. The fourth-order valence-corrected chi connectivity index (χ4v) is 3.28. The van der Waals surface area contributed by atoms with E-state index >= 15 is 0 Å². The Morgan fingerprint density at radius 1 is 1.30 bits per heavy atom. The lowest BCUT2D eigenvalue weighted by molar-refractivity contribution is 0.199. The summed E-state index contributed by atoms with van der Waals surface area (Å²) in [6, 6.07) is 2.54. The summed E-state index contributed by atoms with van der Waals surface area (Å²) in [5, 5.41) is 4.94. The van der Waals surface area contributed by atoms with Crippen molar-refractivity contribution >= 4 is 25.7 Å². The van der Waals surface area contributed by atoms with Gasteiger partial charge in [-0.2, -0.15) is 0 Å². The van der Waals surface area contributed by atoms with Gasteiger partial charge in [0.1, 0.15) is 10.7 Å². The van der Waals surface area contributed by atoms with Crippen LogP contribution in [0.1, 0.15) is 6.42 Å². The molecule has 0 amide bonds. The van der Waals surface area contributed by atoms with E-state index in [2.05, 4.69) is 0 Å². The van der Waals surface area contributed by atoms with E-state index in [0.29, 0.717) is 0 Å². The fourth-order valence-electron chi connectivity index (χ4n) is 1.44. The number of benzene rings is 1. The first-order chi connectivity index (χ1) is 9.15. The average Bonchev–Trinajstić information content (AvgIpc) is 2.26. The summed E-state index contributed by atoms with van der Waals surface area (Å²) in [4.78, 5) is -0.491. The van der Waals surface area contributed by atoms with Gasteiger partial charge in [-0.15, -0.1) is 0 Å². The molecule has 0 spiro atoms. The van der Waals surface area contributed by atoms with Gasteiger partial charge in [-0.25, -0.2) is 26.4 Å². The van der Waals surface area contributed by atoms with E-state index in [0.717, 1.165) is 18.2 Å². The first kappa shape index (κ1) is 16.8. The molecule has 1 aromatic carbocycles. The summed E-state index contributed by atoms with van der Waals surface area (Å²) < 4.78 is 66.0. The molecule has 0 aromatic heterocycles. The number of sulfonamides is 2. The predicted molar refractivity (Wildman–Crippen MR) is 71.7 cm³/mol. The molecule has 3 N–H and O–H groups in total. The van der Waals surface area contributed by atoms with Crippen LogP contribution >= 0.6 is 0 Å². The topological polar surface area (TPSA) is 116 Å². The Labute approximate surface area is 117 Å². The molecule has 0 bridgehead atoms. The minimum Gasteiger partial charge on any atom is -0.385 e. The number of methoxy groups -OCH3 is 1. The summed E-state index contributed by atoms with van der Waals surface area (Å²) in [7, 11) is -6.57. The third-order valence-electron chi connectivity index (χ3n) is 2.28. The Morgan fingerprint density at radius 2 is 1.95 bits per heavy atom. The highest BCUT2D eigenvalue weighted by atomic mass is 32.2. The molecular weight excluding hydrogens is 311 g/mol. The lowest BCUT2D eigenvalue weighted by Gasteiger charge is -2.11. The molecule has 0 aliphatic rings. The normalized spacial score (nSPS) is 12.3. The minimum atomic E-state index is -4.17. The van der Waals surface area contributed by atoms with Crippen LogP contribution in [0.25, 0.3) is 0 Å². The second kappa shape index (κ2) is 6.48. The lowest BCUT2D eigenvalue weighted by atomic mass is 10.3.